The smallest absolute Gasteiger partial charge is 0.387 e. The summed E-state index contributed by atoms with van der Waals surface area (Å²) in [6, 6.07) is 5.95. The van der Waals surface area contributed by atoms with E-state index in [2.05, 4.69) is 4.74 Å². The summed E-state index contributed by atoms with van der Waals surface area (Å²) in [5.74, 6) is 0.106. The van der Waals surface area contributed by atoms with E-state index in [1.54, 1.807) is 12.1 Å². The van der Waals surface area contributed by atoms with Crippen LogP contribution >= 0.6 is 0 Å². The first-order valence-corrected chi connectivity index (χ1v) is 4.42. The fourth-order valence-corrected chi connectivity index (χ4v) is 1.20. The quantitative estimate of drug-likeness (QED) is 0.819. The molecule has 1 unspecified atom stereocenters. The molecule has 0 spiro atoms. The summed E-state index contributed by atoms with van der Waals surface area (Å²) >= 11 is 0. The largest absolute Gasteiger partial charge is 0.435 e. The number of benzene rings is 1. The highest BCUT2D eigenvalue weighted by molar-refractivity contribution is 5.30. The zero-order valence-electron chi connectivity index (χ0n) is 8.32. The van der Waals surface area contributed by atoms with E-state index in [9.17, 15) is 8.78 Å². The molecule has 84 valence electrons. The van der Waals surface area contributed by atoms with Crippen LogP contribution in [0.2, 0.25) is 0 Å². The molecule has 0 amide bonds. The number of halogens is 2. The summed E-state index contributed by atoms with van der Waals surface area (Å²) in [6.07, 6.45) is 0. The highest BCUT2D eigenvalue weighted by Crippen LogP contribution is 2.19. The third-order valence-corrected chi connectivity index (χ3v) is 1.86. The van der Waals surface area contributed by atoms with Crippen LogP contribution in [0.5, 0.6) is 5.75 Å². The van der Waals surface area contributed by atoms with E-state index in [1.807, 2.05) is 0 Å². The predicted octanol–water partition coefficient (Wildman–Crippen LogP) is 1.93. The highest BCUT2D eigenvalue weighted by atomic mass is 19.3. The molecule has 0 bridgehead atoms. The molecule has 0 radical (unpaired) electrons. The standard InChI is InChI=1S/C10H13F2NO2/c1-14-6-9(13)7-3-2-4-8(5-7)15-10(11)12/h2-5,9-10H,6,13H2,1H3. The maximum absolute atomic E-state index is 11.9. The van der Waals surface area contributed by atoms with Crippen LogP contribution < -0.4 is 10.5 Å². The van der Waals surface area contributed by atoms with E-state index >= 15 is 0 Å². The monoisotopic (exact) mass is 217 g/mol. The molecular formula is C10H13F2NO2. The maximum Gasteiger partial charge on any atom is 0.387 e. The molecule has 0 fully saturated rings. The number of rotatable bonds is 5. The zero-order chi connectivity index (χ0) is 11.3. The average Bonchev–Trinajstić information content (AvgIpc) is 2.17. The molecule has 0 saturated carbocycles. The summed E-state index contributed by atoms with van der Waals surface area (Å²) in [7, 11) is 1.53. The normalized spacial score (nSPS) is 12.9. The van der Waals surface area contributed by atoms with Crippen LogP contribution in [0.1, 0.15) is 11.6 Å². The lowest BCUT2D eigenvalue weighted by Gasteiger charge is -2.12. The molecule has 0 aliphatic carbocycles. The second kappa shape index (κ2) is 5.63. The van der Waals surface area contributed by atoms with Gasteiger partial charge in [-0.1, -0.05) is 12.1 Å². The van der Waals surface area contributed by atoms with Crippen LogP contribution in [-0.4, -0.2) is 20.3 Å². The fourth-order valence-electron chi connectivity index (χ4n) is 1.20. The van der Waals surface area contributed by atoms with Gasteiger partial charge in [-0.15, -0.1) is 0 Å². The Kier molecular flexibility index (Phi) is 4.45. The first-order valence-electron chi connectivity index (χ1n) is 4.42. The van der Waals surface area contributed by atoms with Crippen molar-refractivity contribution in [3.8, 4) is 5.75 Å². The Labute approximate surface area is 86.8 Å². The van der Waals surface area contributed by atoms with Crippen molar-refractivity contribution >= 4 is 0 Å². The van der Waals surface area contributed by atoms with Crippen molar-refractivity contribution in [2.45, 2.75) is 12.7 Å². The fraction of sp³-hybridized carbons (Fsp3) is 0.400. The molecule has 15 heavy (non-hydrogen) atoms. The average molecular weight is 217 g/mol. The summed E-state index contributed by atoms with van der Waals surface area (Å²) in [6.45, 7) is -2.49. The van der Waals surface area contributed by atoms with Gasteiger partial charge in [0.1, 0.15) is 5.75 Å². The summed E-state index contributed by atoms with van der Waals surface area (Å²) < 4.78 is 33.0. The molecular weight excluding hydrogens is 204 g/mol. The molecule has 1 aromatic carbocycles. The van der Waals surface area contributed by atoms with Gasteiger partial charge in [0.15, 0.2) is 0 Å². The number of nitrogens with two attached hydrogens (primary N) is 1. The molecule has 3 nitrogen and oxygen atoms in total. The van der Waals surface area contributed by atoms with Gasteiger partial charge in [-0.05, 0) is 17.7 Å². The van der Waals surface area contributed by atoms with Crippen molar-refractivity contribution in [1.29, 1.82) is 0 Å². The Bertz CT molecular complexity index is 307. The van der Waals surface area contributed by atoms with Gasteiger partial charge >= 0.3 is 6.61 Å². The number of hydrogen-bond acceptors (Lipinski definition) is 3. The predicted molar refractivity (Wildman–Crippen MR) is 51.9 cm³/mol. The van der Waals surface area contributed by atoms with Crippen LogP contribution in [0.4, 0.5) is 8.78 Å². The molecule has 2 N–H and O–H groups in total. The molecule has 0 aliphatic rings. The molecule has 1 aromatic rings. The van der Waals surface area contributed by atoms with Crippen molar-refractivity contribution < 1.29 is 18.3 Å². The number of ether oxygens (including phenoxy) is 2. The van der Waals surface area contributed by atoms with Gasteiger partial charge in [0.25, 0.3) is 0 Å². The van der Waals surface area contributed by atoms with Gasteiger partial charge in [0.2, 0.25) is 0 Å². The third kappa shape index (κ3) is 3.81. The van der Waals surface area contributed by atoms with Gasteiger partial charge < -0.3 is 15.2 Å². The molecule has 0 heterocycles. The lowest BCUT2D eigenvalue weighted by molar-refractivity contribution is -0.0499. The van der Waals surface area contributed by atoms with Crippen LogP contribution in [0.25, 0.3) is 0 Å². The summed E-state index contributed by atoms with van der Waals surface area (Å²) in [5.41, 5.74) is 6.44. The Hall–Kier alpha value is -1.20. The molecule has 1 atom stereocenters. The van der Waals surface area contributed by atoms with Gasteiger partial charge in [0, 0.05) is 7.11 Å². The number of hydrogen-bond donors (Lipinski definition) is 1. The maximum atomic E-state index is 11.9. The Morgan fingerprint density at radius 1 is 1.40 bits per heavy atom. The second-order valence-corrected chi connectivity index (χ2v) is 3.01. The highest BCUT2D eigenvalue weighted by Gasteiger charge is 2.08. The molecule has 0 aromatic heterocycles. The van der Waals surface area contributed by atoms with Crippen molar-refractivity contribution in [2.24, 2.45) is 5.73 Å². The van der Waals surface area contributed by atoms with E-state index in [1.165, 1.54) is 19.2 Å². The first kappa shape index (κ1) is 11.9. The number of alkyl halides is 2. The van der Waals surface area contributed by atoms with Crippen LogP contribution in [0.15, 0.2) is 24.3 Å². The third-order valence-electron chi connectivity index (χ3n) is 1.86. The van der Waals surface area contributed by atoms with E-state index in [-0.39, 0.29) is 11.8 Å². The topological polar surface area (TPSA) is 44.5 Å². The zero-order valence-corrected chi connectivity index (χ0v) is 8.32. The molecule has 0 aliphatic heterocycles. The molecule has 0 saturated heterocycles. The van der Waals surface area contributed by atoms with Crippen molar-refractivity contribution in [1.82, 2.24) is 0 Å². The van der Waals surface area contributed by atoms with Gasteiger partial charge in [-0.3, -0.25) is 0 Å². The summed E-state index contributed by atoms with van der Waals surface area (Å²) in [5, 5.41) is 0. The molecule has 5 heteroatoms. The Balaban J connectivity index is 2.73. The first-order chi connectivity index (χ1) is 7.13. The Morgan fingerprint density at radius 2 is 2.13 bits per heavy atom. The van der Waals surface area contributed by atoms with E-state index in [4.69, 9.17) is 10.5 Å². The van der Waals surface area contributed by atoms with E-state index < -0.39 is 6.61 Å². The minimum atomic E-state index is -2.82. The van der Waals surface area contributed by atoms with E-state index in [0.717, 1.165) is 0 Å². The summed E-state index contributed by atoms with van der Waals surface area (Å²) in [4.78, 5) is 0. The SMILES string of the molecule is COCC(N)c1cccc(OC(F)F)c1. The van der Waals surface area contributed by atoms with E-state index in [0.29, 0.717) is 12.2 Å². The lowest BCUT2D eigenvalue weighted by Crippen LogP contribution is -2.16. The van der Waals surface area contributed by atoms with Gasteiger partial charge in [-0.25, -0.2) is 0 Å². The number of methoxy groups -OCH3 is 1. The minimum absolute atomic E-state index is 0.106. The van der Waals surface area contributed by atoms with Gasteiger partial charge in [0.05, 0.1) is 12.6 Å². The second-order valence-electron chi connectivity index (χ2n) is 3.01. The van der Waals surface area contributed by atoms with Crippen molar-refractivity contribution in [3.63, 3.8) is 0 Å². The van der Waals surface area contributed by atoms with Crippen molar-refractivity contribution in [3.05, 3.63) is 29.8 Å². The molecule has 1 rings (SSSR count). The Morgan fingerprint density at radius 3 is 2.73 bits per heavy atom. The lowest BCUT2D eigenvalue weighted by atomic mass is 10.1. The van der Waals surface area contributed by atoms with Gasteiger partial charge in [-0.2, -0.15) is 8.78 Å². The minimum Gasteiger partial charge on any atom is -0.435 e. The van der Waals surface area contributed by atoms with Crippen molar-refractivity contribution in [2.75, 3.05) is 13.7 Å². The van der Waals surface area contributed by atoms with Crippen LogP contribution in [-0.2, 0) is 4.74 Å². The van der Waals surface area contributed by atoms with Crippen LogP contribution in [0, 0.1) is 0 Å². The van der Waals surface area contributed by atoms with Crippen LogP contribution in [0.3, 0.4) is 0 Å².